The van der Waals surface area contributed by atoms with Crippen molar-refractivity contribution in [3.8, 4) is 0 Å². The molecule has 0 unspecified atom stereocenters. The predicted octanol–water partition coefficient (Wildman–Crippen LogP) is 4.25. The molecule has 2 aromatic carbocycles. The second kappa shape index (κ2) is 4.21. The van der Waals surface area contributed by atoms with Crippen molar-refractivity contribution >= 4 is 0 Å². The summed E-state index contributed by atoms with van der Waals surface area (Å²) in [5.41, 5.74) is 3.00. The van der Waals surface area contributed by atoms with Crippen LogP contribution in [-0.2, 0) is 10.2 Å². The fourth-order valence-corrected chi connectivity index (χ4v) is 3.94. The number of fused-ring (bicyclic) bond motifs is 1. The van der Waals surface area contributed by atoms with E-state index in [0.29, 0.717) is 6.10 Å². The molecule has 2 aromatic rings. The Balaban J connectivity index is 1.79. The number of benzene rings is 2. The van der Waals surface area contributed by atoms with E-state index in [-0.39, 0.29) is 11.5 Å². The van der Waals surface area contributed by atoms with E-state index in [1.165, 1.54) is 30.4 Å². The SMILES string of the molecule is c1ccc([C@@H]2O[C@@H]3CCC[C@@]32c2ccccc2)cc1. The van der Waals surface area contributed by atoms with Crippen molar-refractivity contribution in [3.05, 3.63) is 71.8 Å². The first-order chi connectivity index (χ1) is 9.41. The second-order valence-electron chi connectivity index (χ2n) is 5.71. The first-order valence-electron chi connectivity index (χ1n) is 7.17. The Hall–Kier alpha value is -1.60. The van der Waals surface area contributed by atoms with E-state index in [2.05, 4.69) is 60.7 Å². The summed E-state index contributed by atoms with van der Waals surface area (Å²) < 4.78 is 6.21. The zero-order valence-electron chi connectivity index (χ0n) is 11.0. The van der Waals surface area contributed by atoms with Gasteiger partial charge in [-0.15, -0.1) is 0 Å². The second-order valence-corrected chi connectivity index (χ2v) is 5.71. The highest BCUT2D eigenvalue weighted by atomic mass is 16.5. The summed E-state index contributed by atoms with van der Waals surface area (Å²) in [5.74, 6) is 0. The van der Waals surface area contributed by atoms with Gasteiger partial charge in [0.1, 0.15) is 0 Å². The van der Waals surface area contributed by atoms with E-state index >= 15 is 0 Å². The van der Waals surface area contributed by atoms with Crippen molar-refractivity contribution in [1.29, 1.82) is 0 Å². The maximum atomic E-state index is 6.21. The average Bonchev–Trinajstić information content (AvgIpc) is 2.79. The molecule has 0 aromatic heterocycles. The van der Waals surface area contributed by atoms with Crippen LogP contribution in [0.2, 0.25) is 0 Å². The predicted molar refractivity (Wildman–Crippen MR) is 76.0 cm³/mol. The van der Waals surface area contributed by atoms with Crippen LogP contribution in [0.15, 0.2) is 60.7 Å². The fourth-order valence-electron chi connectivity index (χ4n) is 3.94. The fraction of sp³-hybridized carbons (Fsp3) is 0.333. The normalized spacial score (nSPS) is 32.6. The van der Waals surface area contributed by atoms with Gasteiger partial charge in [-0.1, -0.05) is 60.7 Å². The highest BCUT2D eigenvalue weighted by Gasteiger charge is 2.60. The van der Waals surface area contributed by atoms with Crippen molar-refractivity contribution in [2.24, 2.45) is 0 Å². The average molecular weight is 250 g/mol. The molecule has 19 heavy (non-hydrogen) atoms. The zero-order valence-corrected chi connectivity index (χ0v) is 11.0. The lowest BCUT2D eigenvalue weighted by molar-refractivity contribution is -0.194. The Kier molecular flexibility index (Phi) is 2.49. The van der Waals surface area contributed by atoms with Crippen LogP contribution in [0.4, 0.5) is 0 Å². The Morgan fingerprint density at radius 3 is 2.26 bits per heavy atom. The van der Waals surface area contributed by atoms with E-state index in [1.807, 2.05) is 0 Å². The summed E-state index contributed by atoms with van der Waals surface area (Å²) in [4.78, 5) is 0. The molecule has 4 rings (SSSR count). The molecule has 1 saturated heterocycles. The van der Waals surface area contributed by atoms with Gasteiger partial charge in [-0.2, -0.15) is 0 Å². The van der Waals surface area contributed by atoms with Crippen LogP contribution in [0.5, 0.6) is 0 Å². The molecule has 3 atom stereocenters. The molecule has 1 saturated carbocycles. The molecule has 1 aliphatic carbocycles. The lowest BCUT2D eigenvalue weighted by atomic mass is 9.66. The minimum Gasteiger partial charge on any atom is -0.368 e. The molecule has 96 valence electrons. The van der Waals surface area contributed by atoms with Crippen molar-refractivity contribution in [3.63, 3.8) is 0 Å². The first-order valence-corrected chi connectivity index (χ1v) is 7.17. The van der Waals surface area contributed by atoms with Crippen LogP contribution in [0, 0.1) is 0 Å². The highest BCUT2D eigenvalue weighted by Crippen LogP contribution is 2.60. The van der Waals surface area contributed by atoms with E-state index < -0.39 is 0 Å². The van der Waals surface area contributed by atoms with Gasteiger partial charge in [-0.05, 0) is 30.4 Å². The van der Waals surface area contributed by atoms with Crippen LogP contribution in [0.1, 0.15) is 36.5 Å². The monoisotopic (exact) mass is 250 g/mol. The van der Waals surface area contributed by atoms with E-state index in [4.69, 9.17) is 4.74 Å². The topological polar surface area (TPSA) is 9.23 Å². The number of hydrogen-bond acceptors (Lipinski definition) is 1. The summed E-state index contributed by atoms with van der Waals surface area (Å²) in [6.07, 6.45) is 4.39. The molecule has 1 nitrogen and oxygen atoms in total. The number of rotatable bonds is 2. The van der Waals surface area contributed by atoms with Gasteiger partial charge in [0.2, 0.25) is 0 Å². The molecule has 0 bridgehead atoms. The molecule has 0 amide bonds. The lowest BCUT2D eigenvalue weighted by Crippen LogP contribution is -2.54. The van der Waals surface area contributed by atoms with E-state index in [1.54, 1.807) is 0 Å². The third-order valence-electron chi connectivity index (χ3n) is 4.81. The zero-order chi connectivity index (χ0) is 12.7. The summed E-state index contributed by atoms with van der Waals surface area (Å²) in [7, 11) is 0. The van der Waals surface area contributed by atoms with Gasteiger partial charge < -0.3 is 4.74 Å². The maximum Gasteiger partial charge on any atom is 0.0950 e. The molecule has 0 radical (unpaired) electrons. The standard InChI is InChI=1S/C18H18O/c1-3-8-14(9-4-1)17-18(13-7-12-16(18)19-17)15-10-5-2-6-11-15/h1-6,8-11,16-17H,7,12-13H2/t16-,17+,18-/m1/s1. The van der Waals surface area contributed by atoms with Crippen LogP contribution < -0.4 is 0 Å². The number of ether oxygens (including phenoxy) is 1. The Bertz CT molecular complexity index is 563. The third kappa shape index (κ3) is 1.51. The first kappa shape index (κ1) is 11.2. The van der Waals surface area contributed by atoms with Crippen LogP contribution >= 0.6 is 0 Å². The molecule has 1 heteroatoms. The molecular weight excluding hydrogens is 232 g/mol. The number of hydrogen-bond donors (Lipinski definition) is 0. The van der Waals surface area contributed by atoms with Gasteiger partial charge in [-0.25, -0.2) is 0 Å². The van der Waals surface area contributed by atoms with Gasteiger partial charge in [0, 0.05) is 0 Å². The van der Waals surface area contributed by atoms with Gasteiger partial charge in [-0.3, -0.25) is 0 Å². The van der Waals surface area contributed by atoms with Gasteiger partial charge in [0.05, 0.1) is 17.6 Å². The Morgan fingerprint density at radius 1 is 0.895 bits per heavy atom. The molecule has 1 heterocycles. The van der Waals surface area contributed by atoms with Crippen molar-refractivity contribution in [2.45, 2.75) is 36.9 Å². The third-order valence-corrected chi connectivity index (χ3v) is 4.81. The van der Waals surface area contributed by atoms with Gasteiger partial charge in [0.25, 0.3) is 0 Å². The lowest BCUT2D eigenvalue weighted by Gasteiger charge is -2.53. The van der Waals surface area contributed by atoms with Crippen LogP contribution in [0.25, 0.3) is 0 Å². The maximum absolute atomic E-state index is 6.21. The van der Waals surface area contributed by atoms with Crippen molar-refractivity contribution in [1.82, 2.24) is 0 Å². The molecule has 0 spiro atoms. The highest BCUT2D eigenvalue weighted by molar-refractivity contribution is 5.38. The van der Waals surface area contributed by atoms with Crippen molar-refractivity contribution < 1.29 is 4.74 Å². The quantitative estimate of drug-likeness (QED) is 0.774. The summed E-state index contributed by atoms with van der Waals surface area (Å²) in [5, 5.41) is 0. The summed E-state index contributed by atoms with van der Waals surface area (Å²) >= 11 is 0. The van der Waals surface area contributed by atoms with Crippen molar-refractivity contribution in [2.75, 3.05) is 0 Å². The van der Waals surface area contributed by atoms with Gasteiger partial charge >= 0.3 is 0 Å². The summed E-state index contributed by atoms with van der Waals surface area (Å²) in [6.45, 7) is 0. The minimum absolute atomic E-state index is 0.225. The van der Waals surface area contributed by atoms with Crippen LogP contribution in [0.3, 0.4) is 0 Å². The molecule has 2 aliphatic rings. The van der Waals surface area contributed by atoms with Gasteiger partial charge in [0.15, 0.2) is 0 Å². The smallest absolute Gasteiger partial charge is 0.0950 e. The molecule has 1 aliphatic heterocycles. The van der Waals surface area contributed by atoms with Crippen LogP contribution in [-0.4, -0.2) is 6.10 Å². The Morgan fingerprint density at radius 2 is 1.58 bits per heavy atom. The molecular formula is C18H18O. The minimum atomic E-state index is 0.225. The molecule has 0 N–H and O–H groups in total. The molecule has 2 fully saturated rings. The van der Waals surface area contributed by atoms with E-state index in [9.17, 15) is 0 Å². The Labute approximate surface area is 114 Å². The largest absolute Gasteiger partial charge is 0.368 e. The summed E-state index contributed by atoms with van der Waals surface area (Å²) in [6, 6.07) is 21.6. The van der Waals surface area contributed by atoms with E-state index in [0.717, 1.165) is 0 Å².